The number of benzene rings is 1. The Morgan fingerprint density at radius 3 is 2.64 bits per heavy atom. The summed E-state index contributed by atoms with van der Waals surface area (Å²) >= 11 is 10.7. The highest BCUT2D eigenvalue weighted by atomic mass is 79.9. The number of thiazole rings is 1. The van der Waals surface area contributed by atoms with Gasteiger partial charge in [-0.2, -0.15) is 0 Å². The van der Waals surface area contributed by atoms with Gasteiger partial charge in [-0.25, -0.2) is 4.98 Å². The molecule has 0 fully saturated rings. The van der Waals surface area contributed by atoms with E-state index in [9.17, 15) is 0 Å². The summed E-state index contributed by atoms with van der Waals surface area (Å²) in [6, 6.07) is 7.51. The molecule has 0 spiro atoms. The maximum atomic E-state index is 6.03. The van der Waals surface area contributed by atoms with Gasteiger partial charge in [-0.05, 0) is 22.0 Å². The second-order valence-corrected chi connectivity index (χ2v) is 5.37. The number of anilines is 1. The van der Waals surface area contributed by atoms with Gasteiger partial charge >= 0.3 is 0 Å². The number of hydrogen-bond acceptors (Lipinski definition) is 3. The van der Waals surface area contributed by atoms with E-state index in [1.54, 1.807) is 0 Å². The van der Waals surface area contributed by atoms with Crippen molar-refractivity contribution in [1.29, 1.82) is 0 Å². The van der Waals surface area contributed by atoms with Gasteiger partial charge in [-0.3, -0.25) is 0 Å². The number of halogens is 2. The van der Waals surface area contributed by atoms with Crippen molar-refractivity contribution in [1.82, 2.24) is 4.98 Å². The van der Waals surface area contributed by atoms with Crippen LogP contribution in [0.3, 0.4) is 0 Å². The molecule has 0 aliphatic heterocycles. The highest BCUT2D eigenvalue weighted by Crippen LogP contribution is 2.36. The first-order valence-electron chi connectivity index (χ1n) is 3.85. The molecular formula is C9H6BrClN2S. The molecule has 1 aromatic heterocycles. The molecule has 5 heteroatoms. The molecule has 2 aromatic rings. The van der Waals surface area contributed by atoms with Gasteiger partial charge in [0.2, 0.25) is 0 Å². The zero-order valence-electron chi connectivity index (χ0n) is 7.00. The Labute approximate surface area is 98.9 Å². The molecule has 2 N–H and O–H groups in total. The van der Waals surface area contributed by atoms with Crippen molar-refractivity contribution in [3.8, 4) is 11.3 Å². The molecule has 0 saturated heterocycles. The second kappa shape index (κ2) is 3.88. The third-order valence-corrected chi connectivity index (χ3v) is 3.42. The molecule has 1 aromatic carbocycles. The SMILES string of the molecule is Nc1sc(Br)nc1-c1ccccc1Cl. The molecular weight excluding hydrogens is 284 g/mol. The molecule has 72 valence electrons. The fourth-order valence-corrected chi connectivity index (χ4v) is 2.65. The minimum Gasteiger partial charge on any atom is -0.389 e. The fraction of sp³-hybridized carbons (Fsp3) is 0. The van der Waals surface area contributed by atoms with Crippen molar-refractivity contribution in [2.45, 2.75) is 0 Å². The molecule has 0 radical (unpaired) electrons. The molecule has 2 nitrogen and oxygen atoms in total. The summed E-state index contributed by atoms with van der Waals surface area (Å²) in [6.45, 7) is 0. The topological polar surface area (TPSA) is 38.9 Å². The molecule has 1 heterocycles. The third-order valence-electron chi connectivity index (χ3n) is 1.76. The van der Waals surface area contributed by atoms with Crippen molar-refractivity contribution >= 4 is 43.9 Å². The fourth-order valence-electron chi connectivity index (χ4n) is 1.15. The lowest BCUT2D eigenvalue weighted by Gasteiger charge is -2.00. The lowest BCUT2D eigenvalue weighted by atomic mass is 10.2. The molecule has 0 unspecified atom stereocenters. The molecule has 0 saturated carbocycles. The summed E-state index contributed by atoms with van der Waals surface area (Å²) in [6.07, 6.45) is 0. The van der Waals surface area contributed by atoms with Crippen LogP contribution in [-0.2, 0) is 0 Å². The predicted octanol–water partition coefficient (Wildman–Crippen LogP) is 3.81. The van der Waals surface area contributed by atoms with Gasteiger partial charge in [-0.1, -0.05) is 41.1 Å². The average molecular weight is 290 g/mol. The maximum Gasteiger partial charge on any atom is 0.161 e. The monoisotopic (exact) mass is 288 g/mol. The number of rotatable bonds is 1. The summed E-state index contributed by atoms with van der Waals surface area (Å²) < 4.78 is 0.768. The van der Waals surface area contributed by atoms with Gasteiger partial charge < -0.3 is 5.73 Å². The Balaban J connectivity index is 2.60. The van der Waals surface area contributed by atoms with Crippen LogP contribution in [0, 0.1) is 0 Å². The summed E-state index contributed by atoms with van der Waals surface area (Å²) in [5.74, 6) is 0. The Hall–Kier alpha value is -0.580. The number of aromatic nitrogens is 1. The molecule has 0 bridgehead atoms. The quantitative estimate of drug-likeness (QED) is 0.867. The first-order valence-corrected chi connectivity index (χ1v) is 5.84. The van der Waals surface area contributed by atoms with E-state index in [0.29, 0.717) is 10.0 Å². The Bertz CT molecular complexity index is 470. The standard InChI is InChI=1S/C9H6BrClN2S/c10-9-13-7(8(12)14-9)5-3-1-2-4-6(5)11/h1-4H,12H2. The van der Waals surface area contributed by atoms with Gasteiger partial charge in [0.05, 0.1) is 5.02 Å². The van der Waals surface area contributed by atoms with Crippen LogP contribution in [0.4, 0.5) is 5.00 Å². The van der Waals surface area contributed by atoms with Crippen LogP contribution in [0.25, 0.3) is 11.3 Å². The summed E-state index contributed by atoms with van der Waals surface area (Å²) in [4.78, 5) is 4.27. The van der Waals surface area contributed by atoms with E-state index < -0.39 is 0 Å². The number of nitrogen functional groups attached to an aromatic ring is 1. The van der Waals surface area contributed by atoms with Crippen molar-refractivity contribution in [2.75, 3.05) is 5.73 Å². The van der Waals surface area contributed by atoms with E-state index in [1.165, 1.54) is 11.3 Å². The van der Waals surface area contributed by atoms with Crippen molar-refractivity contribution in [2.24, 2.45) is 0 Å². The number of hydrogen-bond donors (Lipinski definition) is 1. The molecule has 0 aliphatic rings. The molecule has 0 aliphatic carbocycles. The Morgan fingerprint density at radius 1 is 1.36 bits per heavy atom. The van der Waals surface area contributed by atoms with E-state index in [4.69, 9.17) is 17.3 Å². The number of nitrogens with two attached hydrogens (primary N) is 1. The Kier molecular flexibility index (Phi) is 2.76. The van der Waals surface area contributed by atoms with E-state index >= 15 is 0 Å². The van der Waals surface area contributed by atoms with Gasteiger partial charge in [0.25, 0.3) is 0 Å². The van der Waals surface area contributed by atoms with Gasteiger partial charge in [0, 0.05) is 5.56 Å². The predicted molar refractivity (Wildman–Crippen MR) is 64.7 cm³/mol. The van der Waals surface area contributed by atoms with Gasteiger partial charge in [0.1, 0.15) is 10.7 Å². The largest absolute Gasteiger partial charge is 0.389 e. The van der Waals surface area contributed by atoms with E-state index in [-0.39, 0.29) is 0 Å². The zero-order valence-corrected chi connectivity index (χ0v) is 10.2. The molecule has 14 heavy (non-hydrogen) atoms. The minimum atomic E-state index is 0.664. The van der Waals surface area contributed by atoms with Crippen LogP contribution < -0.4 is 5.73 Å². The van der Waals surface area contributed by atoms with Crippen LogP contribution in [0.1, 0.15) is 0 Å². The van der Waals surface area contributed by atoms with Crippen LogP contribution in [0.5, 0.6) is 0 Å². The lowest BCUT2D eigenvalue weighted by Crippen LogP contribution is -1.86. The molecule has 0 amide bonds. The maximum absolute atomic E-state index is 6.03. The van der Waals surface area contributed by atoms with Crippen LogP contribution in [0.2, 0.25) is 5.02 Å². The number of nitrogens with zero attached hydrogens (tertiary/aromatic N) is 1. The second-order valence-electron chi connectivity index (χ2n) is 2.66. The summed E-state index contributed by atoms with van der Waals surface area (Å²) in [5, 5.41) is 1.34. The summed E-state index contributed by atoms with van der Waals surface area (Å²) in [5.41, 5.74) is 7.42. The normalized spacial score (nSPS) is 10.4. The average Bonchev–Trinajstić information content (AvgIpc) is 2.46. The van der Waals surface area contributed by atoms with Crippen molar-refractivity contribution < 1.29 is 0 Å². The van der Waals surface area contributed by atoms with Crippen LogP contribution in [-0.4, -0.2) is 4.98 Å². The van der Waals surface area contributed by atoms with E-state index in [1.807, 2.05) is 24.3 Å². The smallest absolute Gasteiger partial charge is 0.161 e. The minimum absolute atomic E-state index is 0.664. The van der Waals surface area contributed by atoms with E-state index in [2.05, 4.69) is 20.9 Å². The third kappa shape index (κ3) is 1.78. The first-order chi connectivity index (χ1) is 6.68. The van der Waals surface area contributed by atoms with Crippen LogP contribution >= 0.6 is 38.9 Å². The van der Waals surface area contributed by atoms with Gasteiger partial charge in [0.15, 0.2) is 3.92 Å². The molecule has 2 rings (SSSR count). The van der Waals surface area contributed by atoms with Crippen molar-refractivity contribution in [3.63, 3.8) is 0 Å². The molecule has 0 atom stereocenters. The first kappa shape index (κ1) is 9.96. The highest BCUT2D eigenvalue weighted by molar-refractivity contribution is 9.11. The highest BCUT2D eigenvalue weighted by Gasteiger charge is 2.11. The summed E-state index contributed by atoms with van der Waals surface area (Å²) in [7, 11) is 0. The Morgan fingerprint density at radius 2 is 2.07 bits per heavy atom. The zero-order chi connectivity index (χ0) is 10.1. The lowest BCUT2D eigenvalue weighted by molar-refractivity contribution is 1.37. The van der Waals surface area contributed by atoms with Crippen molar-refractivity contribution in [3.05, 3.63) is 33.2 Å². The van der Waals surface area contributed by atoms with Gasteiger partial charge in [-0.15, -0.1) is 0 Å². The van der Waals surface area contributed by atoms with Crippen LogP contribution in [0.15, 0.2) is 28.2 Å². The van der Waals surface area contributed by atoms with E-state index in [0.717, 1.165) is 15.2 Å².